The van der Waals surface area contributed by atoms with Crippen molar-refractivity contribution >= 4 is 11.6 Å². The maximum atomic E-state index is 6.49. The number of hydrogen-bond donors (Lipinski definition) is 0. The van der Waals surface area contributed by atoms with Gasteiger partial charge in [0.05, 0.1) is 18.8 Å². The minimum absolute atomic E-state index is 0.247. The SMILES string of the molecule is COc1ccc(C)cc1C(Cl)c1ccoc1C. The molecule has 0 radical (unpaired) electrons. The minimum atomic E-state index is -0.247. The van der Waals surface area contributed by atoms with Crippen molar-refractivity contribution in [1.29, 1.82) is 0 Å². The second-order valence-corrected chi connectivity index (χ2v) is 4.48. The van der Waals surface area contributed by atoms with Crippen molar-refractivity contribution in [2.45, 2.75) is 19.2 Å². The molecule has 17 heavy (non-hydrogen) atoms. The summed E-state index contributed by atoms with van der Waals surface area (Å²) in [5.74, 6) is 1.64. The first-order valence-electron chi connectivity index (χ1n) is 5.46. The average molecular weight is 251 g/mol. The van der Waals surface area contributed by atoms with Crippen molar-refractivity contribution in [3.63, 3.8) is 0 Å². The van der Waals surface area contributed by atoms with Gasteiger partial charge in [-0.3, -0.25) is 0 Å². The molecule has 1 aromatic carbocycles. The van der Waals surface area contributed by atoms with E-state index in [4.69, 9.17) is 20.8 Å². The zero-order chi connectivity index (χ0) is 12.4. The van der Waals surface area contributed by atoms with Gasteiger partial charge in [-0.15, -0.1) is 11.6 Å². The Bertz CT molecular complexity index is 517. The number of furan rings is 1. The van der Waals surface area contributed by atoms with Crippen LogP contribution in [0.1, 0.15) is 27.8 Å². The molecule has 1 heterocycles. The Hall–Kier alpha value is -1.41. The van der Waals surface area contributed by atoms with Gasteiger partial charge in [0.1, 0.15) is 11.5 Å². The van der Waals surface area contributed by atoms with E-state index in [2.05, 4.69) is 0 Å². The Balaban J connectivity index is 2.46. The monoisotopic (exact) mass is 250 g/mol. The van der Waals surface area contributed by atoms with Crippen LogP contribution in [0.2, 0.25) is 0 Å². The van der Waals surface area contributed by atoms with Crippen LogP contribution in [0.25, 0.3) is 0 Å². The quantitative estimate of drug-likeness (QED) is 0.761. The summed E-state index contributed by atoms with van der Waals surface area (Å²) >= 11 is 6.49. The molecule has 0 aliphatic heterocycles. The normalized spacial score (nSPS) is 12.5. The molecular formula is C14H15ClO2. The van der Waals surface area contributed by atoms with Crippen molar-refractivity contribution in [3.05, 3.63) is 53.0 Å². The van der Waals surface area contributed by atoms with Gasteiger partial charge in [0, 0.05) is 11.1 Å². The highest BCUT2D eigenvalue weighted by Gasteiger charge is 2.19. The van der Waals surface area contributed by atoms with Gasteiger partial charge in [-0.1, -0.05) is 17.7 Å². The summed E-state index contributed by atoms with van der Waals surface area (Å²) in [4.78, 5) is 0. The summed E-state index contributed by atoms with van der Waals surface area (Å²) in [6.07, 6.45) is 1.66. The molecule has 1 atom stereocenters. The lowest BCUT2D eigenvalue weighted by molar-refractivity contribution is 0.410. The summed E-state index contributed by atoms with van der Waals surface area (Å²) in [6.45, 7) is 3.95. The van der Waals surface area contributed by atoms with Gasteiger partial charge in [0.2, 0.25) is 0 Å². The third-order valence-corrected chi connectivity index (χ3v) is 3.30. The van der Waals surface area contributed by atoms with Gasteiger partial charge < -0.3 is 9.15 Å². The van der Waals surface area contributed by atoms with Crippen LogP contribution in [-0.2, 0) is 0 Å². The van der Waals surface area contributed by atoms with Gasteiger partial charge in [0.25, 0.3) is 0 Å². The van der Waals surface area contributed by atoms with Crippen LogP contribution in [0.5, 0.6) is 5.75 Å². The van der Waals surface area contributed by atoms with Crippen molar-refractivity contribution in [2.75, 3.05) is 7.11 Å². The number of methoxy groups -OCH3 is 1. The molecule has 3 heteroatoms. The highest BCUT2D eigenvalue weighted by Crippen LogP contribution is 2.37. The molecule has 1 unspecified atom stereocenters. The highest BCUT2D eigenvalue weighted by molar-refractivity contribution is 6.22. The van der Waals surface area contributed by atoms with Gasteiger partial charge >= 0.3 is 0 Å². The molecule has 0 saturated heterocycles. The van der Waals surface area contributed by atoms with Crippen LogP contribution in [0.3, 0.4) is 0 Å². The third kappa shape index (κ3) is 2.32. The molecule has 1 aromatic heterocycles. The summed E-state index contributed by atoms with van der Waals surface area (Å²) in [7, 11) is 1.65. The molecule has 2 rings (SSSR count). The summed E-state index contributed by atoms with van der Waals surface area (Å²) < 4.78 is 10.6. The van der Waals surface area contributed by atoms with Crippen molar-refractivity contribution in [1.82, 2.24) is 0 Å². The fourth-order valence-electron chi connectivity index (χ4n) is 1.88. The van der Waals surface area contributed by atoms with Crippen molar-refractivity contribution < 1.29 is 9.15 Å². The highest BCUT2D eigenvalue weighted by atomic mass is 35.5. The van der Waals surface area contributed by atoms with E-state index in [0.29, 0.717) is 0 Å². The van der Waals surface area contributed by atoms with Gasteiger partial charge in [-0.2, -0.15) is 0 Å². The predicted octanol–water partition coefficient (Wildman–Crippen LogP) is 4.23. The van der Waals surface area contributed by atoms with E-state index in [0.717, 1.165) is 28.2 Å². The minimum Gasteiger partial charge on any atom is -0.496 e. The Morgan fingerprint density at radius 3 is 2.53 bits per heavy atom. The number of benzene rings is 1. The van der Waals surface area contributed by atoms with Crippen LogP contribution in [0.15, 0.2) is 34.9 Å². The Morgan fingerprint density at radius 2 is 1.94 bits per heavy atom. The molecule has 0 N–H and O–H groups in total. The number of alkyl halides is 1. The first-order chi connectivity index (χ1) is 8.13. The number of aryl methyl sites for hydroxylation is 2. The fraction of sp³-hybridized carbons (Fsp3) is 0.286. The molecule has 0 aliphatic carbocycles. The zero-order valence-corrected chi connectivity index (χ0v) is 10.9. The predicted molar refractivity (Wildman–Crippen MR) is 68.9 cm³/mol. The molecule has 0 amide bonds. The van der Waals surface area contributed by atoms with Gasteiger partial charge in [-0.05, 0) is 26.0 Å². The molecule has 2 aromatic rings. The van der Waals surface area contributed by atoms with Crippen LogP contribution < -0.4 is 4.74 Å². The van der Waals surface area contributed by atoms with E-state index >= 15 is 0 Å². The Kier molecular flexibility index (Phi) is 3.43. The standard InChI is InChI=1S/C14H15ClO2/c1-9-4-5-13(16-3)12(8-9)14(15)11-6-7-17-10(11)2/h4-8,14H,1-3H3. The molecule has 2 nitrogen and oxygen atoms in total. The van der Waals surface area contributed by atoms with Gasteiger partial charge in [0.15, 0.2) is 0 Å². The zero-order valence-electron chi connectivity index (χ0n) is 10.2. The second-order valence-electron chi connectivity index (χ2n) is 4.04. The lowest BCUT2D eigenvalue weighted by atomic mass is 10.0. The van der Waals surface area contributed by atoms with Gasteiger partial charge in [-0.25, -0.2) is 0 Å². The molecule has 0 spiro atoms. The van der Waals surface area contributed by atoms with Crippen molar-refractivity contribution in [2.24, 2.45) is 0 Å². The maximum absolute atomic E-state index is 6.49. The summed E-state index contributed by atoms with van der Waals surface area (Å²) in [6, 6.07) is 7.89. The van der Waals surface area contributed by atoms with Crippen molar-refractivity contribution in [3.8, 4) is 5.75 Å². The Morgan fingerprint density at radius 1 is 1.18 bits per heavy atom. The number of ether oxygens (including phenoxy) is 1. The number of hydrogen-bond acceptors (Lipinski definition) is 2. The van der Waals surface area contributed by atoms with Crippen LogP contribution in [0, 0.1) is 13.8 Å². The van der Waals surface area contributed by atoms with E-state index in [1.54, 1.807) is 13.4 Å². The summed E-state index contributed by atoms with van der Waals surface area (Å²) in [5.41, 5.74) is 3.11. The number of halogens is 1. The smallest absolute Gasteiger partial charge is 0.123 e. The second kappa shape index (κ2) is 4.84. The molecule has 0 aliphatic rings. The maximum Gasteiger partial charge on any atom is 0.123 e. The molecule has 0 fully saturated rings. The first-order valence-corrected chi connectivity index (χ1v) is 5.89. The van der Waals surface area contributed by atoms with E-state index in [1.165, 1.54) is 0 Å². The van der Waals surface area contributed by atoms with E-state index in [9.17, 15) is 0 Å². The van der Waals surface area contributed by atoms with E-state index in [1.807, 2.05) is 38.1 Å². The molecule has 90 valence electrons. The van der Waals surface area contributed by atoms with E-state index < -0.39 is 0 Å². The molecule has 0 saturated carbocycles. The lowest BCUT2D eigenvalue weighted by Crippen LogP contribution is -1.98. The van der Waals surface area contributed by atoms with E-state index in [-0.39, 0.29) is 5.38 Å². The van der Waals surface area contributed by atoms with Crippen LogP contribution >= 0.6 is 11.6 Å². The first kappa shape index (κ1) is 12.1. The van der Waals surface area contributed by atoms with Crippen LogP contribution in [-0.4, -0.2) is 7.11 Å². The topological polar surface area (TPSA) is 22.4 Å². The fourth-order valence-corrected chi connectivity index (χ4v) is 2.27. The van der Waals surface area contributed by atoms with Crippen LogP contribution in [0.4, 0.5) is 0 Å². The largest absolute Gasteiger partial charge is 0.496 e. The summed E-state index contributed by atoms with van der Waals surface area (Å²) in [5, 5.41) is -0.247. The molecule has 0 bridgehead atoms. The lowest BCUT2D eigenvalue weighted by Gasteiger charge is -2.14. The Labute approximate surface area is 106 Å². The third-order valence-electron chi connectivity index (χ3n) is 2.83. The average Bonchev–Trinajstić information content (AvgIpc) is 2.74. The molecular weight excluding hydrogens is 236 g/mol. The number of rotatable bonds is 3.